The first-order valence-corrected chi connectivity index (χ1v) is 7.04. The zero-order valence-corrected chi connectivity index (χ0v) is 12.3. The van der Waals surface area contributed by atoms with Crippen LogP contribution in [-0.2, 0) is 0 Å². The summed E-state index contributed by atoms with van der Waals surface area (Å²) in [6.45, 7) is 4.40. The molecule has 20 heavy (non-hydrogen) atoms. The van der Waals surface area contributed by atoms with Crippen LogP contribution in [0.2, 0.25) is 0 Å². The van der Waals surface area contributed by atoms with Crippen molar-refractivity contribution in [3.8, 4) is 0 Å². The van der Waals surface area contributed by atoms with E-state index in [1.807, 2.05) is 0 Å². The van der Waals surface area contributed by atoms with E-state index >= 15 is 0 Å². The molecule has 0 aliphatic heterocycles. The summed E-state index contributed by atoms with van der Waals surface area (Å²) >= 11 is 5.12. The molecule has 0 fully saturated rings. The summed E-state index contributed by atoms with van der Waals surface area (Å²) in [7, 11) is 0. The van der Waals surface area contributed by atoms with Gasteiger partial charge < -0.3 is 16.0 Å². The number of non-ortho nitro benzene ring substituents is 1. The second kappa shape index (κ2) is 9.08. The molecular weight excluding hydrogens is 276 g/mol. The molecule has 0 saturated carbocycles. The van der Waals surface area contributed by atoms with Crippen LogP contribution in [0.5, 0.6) is 0 Å². The van der Waals surface area contributed by atoms with Gasteiger partial charge in [0.05, 0.1) is 4.92 Å². The number of nitro benzene ring substituents is 1. The van der Waals surface area contributed by atoms with E-state index in [4.69, 9.17) is 12.2 Å². The molecule has 0 spiro atoms. The van der Waals surface area contributed by atoms with Crippen LogP contribution in [0.3, 0.4) is 0 Å². The largest absolute Gasteiger partial charge is 0.383 e. The highest BCUT2D eigenvalue weighted by Crippen LogP contribution is 2.14. The first-order chi connectivity index (χ1) is 9.63. The van der Waals surface area contributed by atoms with E-state index < -0.39 is 4.92 Å². The molecule has 0 aliphatic rings. The van der Waals surface area contributed by atoms with Crippen molar-refractivity contribution in [1.82, 2.24) is 10.6 Å². The van der Waals surface area contributed by atoms with Crippen molar-refractivity contribution >= 4 is 28.7 Å². The molecule has 0 radical (unpaired) electrons. The lowest BCUT2D eigenvalue weighted by atomic mass is 10.3. The number of hydrogen-bond donors (Lipinski definition) is 3. The van der Waals surface area contributed by atoms with E-state index in [-0.39, 0.29) is 5.69 Å². The molecule has 0 unspecified atom stereocenters. The van der Waals surface area contributed by atoms with Gasteiger partial charge in [-0.1, -0.05) is 13.3 Å². The van der Waals surface area contributed by atoms with Gasteiger partial charge in [-0.05, 0) is 30.8 Å². The Kier molecular flexibility index (Phi) is 7.34. The van der Waals surface area contributed by atoms with Crippen molar-refractivity contribution in [2.75, 3.05) is 25.0 Å². The molecule has 1 rings (SSSR count). The molecule has 0 aliphatic carbocycles. The fraction of sp³-hybridized carbons (Fsp3) is 0.462. The van der Waals surface area contributed by atoms with E-state index in [1.54, 1.807) is 12.1 Å². The summed E-state index contributed by atoms with van der Waals surface area (Å²) in [5.41, 5.74) is 0.942. The Bertz CT molecular complexity index is 437. The lowest BCUT2D eigenvalue weighted by Gasteiger charge is -2.11. The number of hydrogen-bond acceptors (Lipinski definition) is 4. The maximum atomic E-state index is 10.5. The SMILES string of the molecule is CCCCNC(=S)NCCNc1ccc([N+](=O)[O-])cc1. The monoisotopic (exact) mass is 296 g/mol. The molecule has 6 nitrogen and oxygen atoms in total. The number of unbranched alkanes of at least 4 members (excludes halogenated alkanes) is 1. The number of anilines is 1. The fourth-order valence-electron chi connectivity index (χ4n) is 1.53. The zero-order chi connectivity index (χ0) is 14.8. The molecule has 7 heteroatoms. The van der Waals surface area contributed by atoms with Crippen molar-refractivity contribution in [3.05, 3.63) is 34.4 Å². The molecule has 0 heterocycles. The van der Waals surface area contributed by atoms with E-state index in [1.165, 1.54) is 12.1 Å². The Morgan fingerprint density at radius 1 is 1.20 bits per heavy atom. The summed E-state index contributed by atoms with van der Waals surface area (Å²) in [5, 5.41) is 20.5. The first-order valence-electron chi connectivity index (χ1n) is 6.63. The fourth-order valence-corrected chi connectivity index (χ4v) is 1.73. The molecule has 3 N–H and O–H groups in total. The number of nitrogens with zero attached hydrogens (tertiary/aromatic N) is 1. The molecular formula is C13H20N4O2S. The third kappa shape index (κ3) is 6.33. The molecule has 0 aromatic heterocycles. The standard InChI is InChI=1S/C13H20N4O2S/c1-2-3-8-15-13(20)16-10-9-14-11-4-6-12(7-5-11)17(18)19/h4-7,14H,2-3,8-10H2,1H3,(H2,15,16,20). The van der Waals surface area contributed by atoms with Gasteiger partial charge in [0.2, 0.25) is 0 Å². The summed E-state index contributed by atoms with van der Waals surface area (Å²) in [6, 6.07) is 6.34. The lowest BCUT2D eigenvalue weighted by molar-refractivity contribution is -0.384. The van der Waals surface area contributed by atoms with Crippen molar-refractivity contribution in [3.63, 3.8) is 0 Å². The average molecular weight is 296 g/mol. The van der Waals surface area contributed by atoms with E-state index in [2.05, 4.69) is 22.9 Å². The first kappa shape index (κ1) is 16.2. The number of rotatable bonds is 8. The van der Waals surface area contributed by atoms with Gasteiger partial charge in [0, 0.05) is 37.5 Å². The lowest BCUT2D eigenvalue weighted by Crippen LogP contribution is -2.38. The molecule has 1 aromatic rings. The Balaban J connectivity index is 2.17. The summed E-state index contributed by atoms with van der Waals surface area (Å²) in [6.07, 6.45) is 2.24. The Morgan fingerprint density at radius 3 is 2.45 bits per heavy atom. The van der Waals surface area contributed by atoms with Crippen LogP contribution >= 0.6 is 12.2 Å². The minimum atomic E-state index is -0.411. The van der Waals surface area contributed by atoms with Gasteiger partial charge in [-0.2, -0.15) is 0 Å². The third-order valence-corrected chi connectivity index (χ3v) is 2.92. The minimum Gasteiger partial charge on any atom is -0.383 e. The smallest absolute Gasteiger partial charge is 0.269 e. The maximum Gasteiger partial charge on any atom is 0.269 e. The Labute approximate surface area is 124 Å². The Morgan fingerprint density at radius 2 is 1.85 bits per heavy atom. The highest BCUT2D eigenvalue weighted by molar-refractivity contribution is 7.80. The quantitative estimate of drug-likeness (QED) is 0.295. The van der Waals surface area contributed by atoms with Crippen LogP contribution in [0.1, 0.15) is 19.8 Å². The van der Waals surface area contributed by atoms with Gasteiger partial charge in [-0.25, -0.2) is 0 Å². The summed E-state index contributed by atoms with van der Waals surface area (Å²) in [5.74, 6) is 0. The normalized spacial score (nSPS) is 9.85. The van der Waals surface area contributed by atoms with Gasteiger partial charge in [-0.3, -0.25) is 10.1 Å². The highest BCUT2D eigenvalue weighted by Gasteiger charge is 2.03. The highest BCUT2D eigenvalue weighted by atomic mass is 32.1. The van der Waals surface area contributed by atoms with E-state index in [0.29, 0.717) is 18.2 Å². The number of benzene rings is 1. The van der Waals surface area contributed by atoms with Gasteiger partial charge in [0.25, 0.3) is 5.69 Å². The predicted octanol–water partition coefficient (Wildman–Crippen LogP) is 2.27. The zero-order valence-electron chi connectivity index (χ0n) is 11.5. The van der Waals surface area contributed by atoms with Crippen LogP contribution in [0, 0.1) is 10.1 Å². The third-order valence-electron chi connectivity index (χ3n) is 2.63. The van der Waals surface area contributed by atoms with Gasteiger partial charge in [-0.15, -0.1) is 0 Å². The summed E-state index contributed by atoms with van der Waals surface area (Å²) < 4.78 is 0. The Hall–Kier alpha value is -1.89. The van der Waals surface area contributed by atoms with Crippen molar-refractivity contribution in [2.45, 2.75) is 19.8 Å². The van der Waals surface area contributed by atoms with E-state index in [0.717, 1.165) is 25.1 Å². The predicted molar refractivity (Wildman–Crippen MR) is 85.1 cm³/mol. The molecule has 0 bridgehead atoms. The van der Waals surface area contributed by atoms with Gasteiger partial charge in [0.1, 0.15) is 0 Å². The second-order valence-corrected chi connectivity index (χ2v) is 4.68. The average Bonchev–Trinajstić information content (AvgIpc) is 2.44. The molecule has 0 saturated heterocycles. The topological polar surface area (TPSA) is 79.2 Å². The molecule has 1 aromatic carbocycles. The van der Waals surface area contributed by atoms with Crippen molar-refractivity contribution in [1.29, 1.82) is 0 Å². The maximum absolute atomic E-state index is 10.5. The van der Waals surface area contributed by atoms with Gasteiger partial charge in [0.15, 0.2) is 5.11 Å². The van der Waals surface area contributed by atoms with Crippen LogP contribution in [0.25, 0.3) is 0 Å². The number of nitro groups is 1. The van der Waals surface area contributed by atoms with Crippen LogP contribution in [-0.4, -0.2) is 29.7 Å². The van der Waals surface area contributed by atoms with Crippen molar-refractivity contribution in [2.24, 2.45) is 0 Å². The van der Waals surface area contributed by atoms with Crippen molar-refractivity contribution < 1.29 is 4.92 Å². The molecule has 0 atom stereocenters. The number of nitrogens with one attached hydrogen (secondary N) is 3. The second-order valence-electron chi connectivity index (χ2n) is 4.27. The molecule has 0 amide bonds. The van der Waals surface area contributed by atoms with Gasteiger partial charge >= 0.3 is 0 Å². The van der Waals surface area contributed by atoms with Crippen LogP contribution < -0.4 is 16.0 Å². The molecule has 110 valence electrons. The summed E-state index contributed by atoms with van der Waals surface area (Å²) in [4.78, 5) is 10.1. The minimum absolute atomic E-state index is 0.0926. The van der Waals surface area contributed by atoms with E-state index in [9.17, 15) is 10.1 Å². The van der Waals surface area contributed by atoms with Crippen LogP contribution in [0.4, 0.5) is 11.4 Å². The van der Waals surface area contributed by atoms with Crippen LogP contribution in [0.15, 0.2) is 24.3 Å². The number of thiocarbonyl (C=S) groups is 1.